The molecular formula is C49H56Cl4Zr. The molecule has 0 unspecified atom stereocenters. The molecule has 2 aliphatic rings. The van der Waals surface area contributed by atoms with E-state index in [9.17, 15) is 0 Å². The average Bonchev–Trinajstić information content (AvgIpc) is 3.67. The van der Waals surface area contributed by atoms with Crippen molar-refractivity contribution in [3.8, 4) is 11.1 Å². The van der Waals surface area contributed by atoms with E-state index >= 15 is 0 Å². The summed E-state index contributed by atoms with van der Waals surface area (Å²) in [5.74, 6) is 0. The van der Waals surface area contributed by atoms with Crippen molar-refractivity contribution in [2.24, 2.45) is 0 Å². The zero-order chi connectivity index (χ0) is 40.0. The summed E-state index contributed by atoms with van der Waals surface area (Å²) in [6.07, 6.45) is 7.93. The predicted molar refractivity (Wildman–Crippen MR) is 236 cm³/mol. The Labute approximate surface area is 353 Å². The van der Waals surface area contributed by atoms with Gasteiger partial charge < -0.3 is 0 Å². The molecule has 0 spiro atoms. The zero-order valence-corrected chi connectivity index (χ0v) is 40.1. The van der Waals surface area contributed by atoms with E-state index in [0.717, 1.165) is 28.7 Å². The fourth-order valence-corrected chi connectivity index (χ4v) is 18.8. The van der Waals surface area contributed by atoms with E-state index in [2.05, 4.69) is 152 Å². The molecule has 0 nitrogen and oxygen atoms in total. The fourth-order valence-electron chi connectivity index (χ4n) is 8.52. The molecule has 0 bridgehead atoms. The van der Waals surface area contributed by atoms with Crippen LogP contribution in [0, 0.1) is 13.8 Å². The van der Waals surface area contributed by atoms with Gasteiger partial charge in [-0.25, -0.2) is 0 Å². The summed E-state index contributed by atoms with van der Waals surface area (Å²) in [5.41, 5.74) is 15.4. The average molecular weight is 878 g/mol. The van der Waals surface area contributed by atoms with Gasteiger partial charge >= 0.3 is 356 Å². The molecule has 0 radical (unpaired) electrons. The molecule has 0 saturated carbocycles. The topological polar surface area (TPSA) is 0 Å². The van der Waals surface area contributed by atoms with Crippen molar-refractivity contribution in [1.82, 2.24) is 0 Å². The van der Waals surface area contributed by atoms with Gasteiger partial charge in [-0.15, -0.1) is 0 Å². The van der Waals surface area contributed by atoms with Crippen LogP contribution in [0.25, 0.3) is 11.1 Å². The van der Waals surface area contributed by atoms with Crippen molar-refractivity contribution in [3.05, 3.63) is 146 Å². The number of rotatable bonds is 4. The Balaban J connectivity index is 1.92. The van der Waals surface area contributed by atoms with Crippen LogP contribution in [0.1, 0.15) is 149 Å². The van der Waals surface area contributed by atoms with Crippen molar-refractivity contribution < 1.29 is 21.3 Å². The molecule has 6 rings (SSSR count). The molecule has 2 aliphatic carbocycles. The minimum atomic E-state index is -3.22. The Hall–Kier alpha value is -1.73. The van der Waals surface area contributed by atoms with Crippen LogP contribution in [0.5, 0.6) is 0 Å². The second kappa shape index (κ2) is 14.6. The fraction of sp³-hybridized carbons (Fsp3) is 0.408. The van der Waals surface area contributed by atoms with Crippen LogP contribution in [0.15, 0.2) is 70.0 Å². The van der Waals surface area contributed by atoms with Crippen LogP contribution >= 0.6 is 46.4 Å². The number of hydrogen-bond donors (Lipinski definition) is 0. The molecule has 0 aliphatic heterocycles. The van der Waals surface area contributed by atoms with E-state index in [-0.39, 0.29) is 25.3 Å². The Bertz CT molecular complexity index is 2150. The summed E-state index contributed by atoms with van der Waals surface area (Å²) in [4.78, 5) is 0. The molecular weight excluding hydrogens is 822 g/mol. The van der Waals surface area contributed by atoms with E-state index in [0.29, 0.717) is 20.1 Å². The molecule has 0 aromatic heterocycles. The predicted octanol–water partition coefficient (Wildman–Crippen LogP) is 15.9. The first-order chi connectivity index (χ1) is 24.8. The van der Waals surface area contributed by atoms with Gasteiger partial charge in [0.1, 0.15) is 0 Å². The Kier molecular flexibility index (Phi) is 11.3. The van der Waals surface area contributed by atoms with Crippen molar-refractivity contribution >= 4 is 49.6 Å². The summed E-state index contributed by atoms with van der Waals surface area (Å²) >= 11 is 24.8. The number of hydrogen-bond acceptors (Lipinski definition) is 0. The van der Waals surface area contributed by atoms with Gasteiger partial charge in [-0.3, -0.25) is 0 Å². The molecule has 0 heterocycles. The number of fused-ring (bicyclic) bond motifs is 3. The Morgan fingerprint density at radius 2 is 0.907 bits per heavy atom. The SMILES string of the molecule is Cc1c(Cl)cc(Cl)cc1[C](c1cc(Cl)cc(Cl)c1C)=[Zr]([C]1=CC=CC1)[CH]1c2cc(C(C)(C)C)c(C(C)(C)C)cc2-c2cc(C(C)(C)C)c(C(C)(C)C)cc21. The van der Waals surface area contributed by atoms with Crippen molar-refractivity contribution in [1.29, 1.82) is 0 Å². The van der Waals surface area contributed by atoms with E-state index < -0.39 is 21.3 Å². The quantitative estimate of drug-likeness (QED) is 0.192. The second-order valence-electron chi connectivity index (χ2n) is 19.6. The third-order valence-corrected chi connectivity index (χ3v) is 20.8. The van der Waals surface area contributed by atoms with Gasteiger partial charge in [0.15, 0.2) is 0 Å². The van der Waals surface area contributed by atoms with Gasteiger partial charge in [0, 0.05) is 0 Å². The molecule has 4 aromatic rings. The van der Waals surface area contributed by atoms with Crippen LogP contribution in [-0.4, -0.2) is 3.21 Å². The third kappa shape index (κ3) is 7.78. The molecule has 0 saturated heterocycles. The van der Waals surface area contributed by atoms with Gasteiger partial charge in [-0.2, -0.15) is 0 Å². The summed E-state index contributed by atoms with van der Waals surface area (Å²) in [6, 6.07) is 18.4. The van der Waals surface area contributed by atoms with Gasteiger partial charge in [-0.05, 0) is 0 Å². The molecule has 54 heavy (non-hydrogen) atoms. The van der Waals surface area contributed by atoms with E-state index in [1.165, 1.54) is 51.0 Å². The van der Waals surface area contributed by atoms with Crippen LogP contribution in [0.2, 0.25) is 20.1 Å². The molecule has 284 valence electrons. The van der Waals surface area contributed by atoms with Crippen molar-refractivity contribution in [2.75, 3.05) is 0 Å². The van der Waals surface area contributed by atoms with Gasteiger partial charge in [-0.1, -0.05) is 0 Å². The first-order valence-electron chi connectivity index (χ1n) is 19.2. The maximum absolute atomic E-state index is 7.05. The number of benzene rings is 4. The third-order valence-electron chi connectivity index (χ3n) is 11.4. The van der Waals surface area contributed by atoms with E-state index in [1.54, 1.807) is 0 Å². The number of allylic oxidation sites excluding steroid dienone is 4. The first-order valence-corrected chi connectivity index (χ1v) is 24.6. The number of halogens is 4. The van der Waals surface area contributed by atoms with Crippen LogP contribution in [0.3, 0.4) is 0 Å². The Morgan fingerprint density at radius 3 is 1.24 bits per heavy atom. The van der Waals surface area contributed by atoms with Crippen molar-refractivity contribution in [3.63, 3.8) is 0 Å². The standard InChI is InChI=1S/C29H41.C15H10Cl4.C5H5.Zr/c1-26(2,3)22-14-18-13-19-15-23(27(4,5)6)25(29(10,11)12)17-21(19)20(18)16-24(22)28(7,8)9;1-8-10(4-12(16)6-14(8)18)3-11-5-13(17)7-15(19)9(11)2;1-2-4-5-3-1;/h13-17H,1-12H3;4-7H,1-2H3;1-3H,4H2;. The molecule has 0 atom stereocenters. The monoisotopic (exact) mass is 874 g/mol. The summed E-state index contributed by atoms with van der Waals surface area (Å²) in [5, 5.41) is 2.60. The summed E-state index contributed by atoms with van der Waals surface area (Å²) in [6.45, 7) is 32.6. The summed E-state index contributed by atoms with van der Waals surface area (Å²) in [7, 11) is 0. The molecule has 0 N–H and O–H groups in total. The van der Waals surface area contributed by atoms with Gasteiger partial charge in [0.25, 0.3) is 0 Å². The normalized spacial score (nSPS) is 14.7. The molecule has 0 fully saturated rings. The van der Waals surface area contributed by atoms with Crippen molar-refractivity contribution in [2.45, 2.75) is 129 Å². The molecule has 5 heteroatoms. The minimum absolute atomic E-state index is 0.0336. The maximum atomic E-state index is 7.05. The first kappa shape index (κ1) is 41.9. The van der Waals surface area contributed by atoms with Crippen LogP contribution in [0.4, 0.5) is 0 Å². The van der Waals surface area contributed by atoms with Crippen LogP contribution in [-0.2, 0) is 42.9 Å². The van der Waals surface area contributed by atoms with E-state index in [1.807, 2.05) is 12.1 Å². The Morgan fingerprint density at radius 1 is 0.537 bits per heavy atom. The summed E-state index contributed by atoms with van der Waals surface area (Å²) < 4.78 is 3.06. The van der Waals surface area contributed by atoms with E-state index in [4.69, 9.17) is 46.4 Å². The molecule has 0 amide bonds. The zero-order valence-electron chi connectivity index (χ0n) is 34.6. The van der Waals surface area contributed by atoms with Crippen LogP contribution < -0.4 is 0 Å². The van der Waals surface area contributed by atoms with Gasteiger partial charge in [0.2, 0.25) is 0 Å². The van der Waals surface area contributed by atoms with Gasteiger partial charge in [0.05, 0.1) is 0 Å². The second-order valence-corrected chi connectivity index (χ2v) is 27.6. The molecule has 4 aromatic carbocycles.